The summed E-state index contributed by atoms with van der Waals surface area (Å²) in [5.74, 6) is -0.383. The van der Waals surface area contributed by atoms with Gasteiger partial charge in [-0.1, -0.05) is 43.7 Å². The number of imidazole rings is 1. The van der Waals surface area contributed by atoms with E-state index in [0.717, 1.165) is 30.6 Å². The van der Waals surface area contributed by atoms with E-state index in [2.05, 4.69) is 11.9 Å². The van der Waals surface area contributed by atoms with E-state index in [1.165, 1.54) is 4.90 Å². The predicted octanol–water partition coefficient (Wildman–Crippen LogP) is 3.51. The predicted molar refractivity (Wildman–Crippen MR) is 144 cm³/mol. The van der Waals surface area contributed by atoms with Crippen LogP contribution in [0.5, 0.6) is 11.5 Å². The van der Waals surface area contributed by atoms with Crippen molar-refractivity contribution in [2.45, 2.75) is 64.6 Å². The molecular formula is C31H35N3O5. The Morgan fingerprint density at radius 2 is 2.05 bits per heavy atom. The molecule has 8 heteroatoms. The molecule has 3 heterocycles. The number of likely N-dealkylation sites (tertiary alicyclic amines) is 1. The van der Waals surface area contributed by atoms with E-state index in [0.29, 0.717) is 49.4 Å². The van der Waals surface area contributed by atoms with Crippen molar-refractivity contribution in [3.63, 3.8) is 0 Å². The third-order valence-corrected chi connectivity index (χ3v) is 7.30. The summed E-state index contributed by atoms with van der Waals surface area (Å²) in [6.45, 7) is 5.71. The first kappa shape index (κ1) is 26.5. The van der Waals surface area contributed by atoms with Gasteiger partial charge in [-0.15, -0.1) is 0 Å². The molecule has 1 N–H and O–H groups in total. The molecule has 2 aliphatic heterocycles. The number of unbranched alkanes of at least 4 members (excludes halogenated alkanes) is 2. The van der Waals surface area contributed by atoms with Crippen LogP contribution >= 0.6 is 0 Å². The van der Waals surface area contributed by atoms with Crippen LogP contribution < -0.4 is 19.1 Å². The quantitative estimate of drug-likeness (QED) is 0.135. The minimum absolute atomic E-state index is 0.00987. The van der Waals surface area contributed by atoms with Gasteiger partial charge >= 0.3 is 0 Å². The van der Waals surface area contributed by atoms with Gasteiger partial charge in [0.1, 0.15) is 30.0 Å². The van der Waals surface area contributed by atoms with Crippen LogP contribution in [0.2, 0.25) is 0 Å². The molecule has 3 aromatic rings. The summed E-state index contributed by atoms with van der Waals surface area (Å²) in [4.78, 5) is 31.3. The highest BCUT2D eigenvalue weighted by Crippen LogP contribution is 2.40. The molecule has 1 amide bonds. The number of nitrogens with one attached hydrogen (secondary N) is 1. The monoisotopic (exact) mass is 529 g/mol. The van der Waals surface area contributed by atoms with Crippen molar-refractivity contribution in [1.29, 1.82) is 0 Å². The molecule has 5 rings (SSSR count). The number of benzene rings is 2. The van der Waals surface area contributed by atoms with Crippen LogP contribution in [-0.2, 0) is 22.6 Å². The first-order valence-corrected chi connectivity index (χ1v) is 13.8. The molecular weight excluding hydrogens is 494 g/mol. The summed E-state index contributed by atoms with van der Waals surface area (Å²) in [5.41, 5.74) is 2.01. The van der Waals surface area contributed by atoms with Crippen LogP contribution in [0.15, 0.2) is 66.8 Å². The van der Waals surface area contributed by atoms with Crippen LogP contribution in [0.1, 0.15) is 62.3 Å². The number of amides is 1. The molecule has 2 unspecified atom stereocenters. The SMILES string of the molecule is CCCCCOc1cccc(C2/C(=C(\[O-])c3ccc4c(c3)CC(C)O4)C(=O)C(=O)N2CCC[n+]2cc[nH]c2)c1. The smallest absolute Gasteiger partial charge is 0.295 e. The number of nitrogens with zero attached hydrogens (tertiary/aromatic N) is 2. The molecule has 2 aromatic carbocycles. The topological polar surface area (TPSA) is 98.6 Å². The van der Waals surface area contributed by atoms with E-state index in [9.17, 15) is 14.7 Å². The number of ether oxygens (including phenoxy) is 2. The summed E-state index contributed by atoms with van der Waals surface area (Å²) in [5, 5.41) is 13.9. The largest absolute Gasteiger partial charge is 0.872 e. The molecule has 1 saturated heterocycles. The van der Waals surface area contributed by atoms with Gasteiger partial charge in [0, 0.05) is 25.0 Å². The molecule has 0 spiro atoms. The normalized spacial score (nSPS) is 19.8. The number of hydrogen-bond donors (Lipinski definition) is 1. The second-order valence-electron chi connectivity index (χ2n) is 10.3. The van der Waals surface area contributed by atoms with E-state index < -0.39 is 23.5 Å². The number of hydrogen-bond acceptors (Lipinski definition) is 5. The van der Waals surface area contributed by atoms with Gasteiger partial charge in [-0.05, 0) is 54.3 Å². The molecule has 1 aromatic heterocycles. The Morgan fingerprint density at radius 1 is 1.18 bits per heavy atom. The number of aromatic amines is 1. The third-order valence-electron chi connectivity index (χ3n) is 7.30. The molecule has 0 aliphatic carbocycles. The molecule has 8 nitrogen and oxygen atoms in total. The van der Waals surface area contributed by atoms with Crippen LogP contribution in [0.4, 0.5) is 0 Å². The Balaban J connectivity index is 1.49. The first-order valence-electron chi connectivity index (χ1n) is 13.8. The molecule has 0 saturated carbocycles. The number of carbonyl (C=O) groups is 2. The molecule has 0 bridgehead atoms. The second kappa shape index (κ2) is 11.8. The summed E-state index contributed by atoms with van der Waals surface area (Å²) in [6.07, 6.45) is 10.1. The van der Waals surface area contributed by atoms with Gasteiger partial charge in [0.2, 0.25) is 12.1 Å². The maximum absolute atomic E-state index is 13.9. The number of fused-ring (bicyclic) bond motifs is 1. The van der Waals surface area contributed by atoms with Gasteiger partial charge in [-0.2, -0.15) is 0 Å². The van der Waals surface area contributed by atoms with Crippen molar-refractivity contribution in [3.8, 4) is 11.5 Å². The van der Waals surface area contributed by atoms with E-state index in [1.807, 2.05) is 54.5 Å². The van der Waals surface area contributed by atoms with E-state index in [4.69, 9.17) is 9.47 Å². The van der Waals surface area contributed by atoms with Crippen molar-refractivity contribution in [2.24, 2.45) is 0 Å². The van der Waals surface area contributed by atoms with Crippen molar-refractivity contribution >= 4 is 17.4 Å². The lowest BCUT2D eigenvalue weighted by Gasteiger charge is -2.28. The first-order chi connectivity index (χ1) is 19.0. The molecule has 2 aliphatic rings. The lowest BCUT2D eigenvalue weighted by atomic mass is 9.94. The average Bonchev–Trinajstić information content (AvgIpc) is 3.65. The Kier molecular flexibility index (Phi) is 8.00. The van der Waals surface area contributed by atoms with Gasteiger partial charge in [-0.25, -0.2) is 4.57 Å². The fourth-order valence-corrected chi connectivity index (χ4v) is 5.37. The van der Waals surface area contributed by atoms with Gasteiger partial charge in [-0.3, -0.25) is 14.6 Å². The summed E-state index contributed by atoms with van der Waals surface area (Å²) in [7, 11) is 0. The number of aromatic nitrogens is 2. The number of ketones is 1. The van der Waals surface area contributed by atoms with E-state index in [1.54, 1.807) is 18.2 Å². The summed E-state index contributed by atoms with van der Waals surface area (Å²) < 4.78 is 13.7. The van der Waals surface area contributed by atoms with Crippen molar-refractivity contribution < 1.29 is 28.7 Å². The van der Waals surface area contributed by atoms with Crippen LogP contribution in [0.3, 0.4) is 0 Å². The van der Waals surface area contributed by atoms with E-state index >= 15 is 0 Å². The maximum atomic E-state index is 13.9. The maximum Gasteiger partial charge on any atom is 0.295 e. The van der Waals surface area contributed by atoms with Gasteiger partial charge in [0.25, 0.3) is 5.91 Å². The van der Waals surface area contributed by atoms with Crippen molar-refractivity contribution in [2.75, 3.05) is 13.2 Å². The highest BCUT2D eigenvalue weighted by molar-refractivity contribution is 6.46. The Hall–Kier alpha value is -4.07. The highest BCUT2D eigenvalue weighted by atomic mass is 16.5. The van der Waals surface area contributed by atoms with Crippen molar-refractivity contribution in [3.05, 3.63) is 83.4 Å². The van der Waals surface area contributed by atoms with Gasteiger partial charge in [0.05, 0.1) is 19.2 Å². The van der Waals surface area contributed by atoms with Gasteiger partial charge in [0.15, 0.2) is 0 Å². The molecule has 1 fully saturated rings. The highest BCUT2D eigenvalue weighted by Gasteiger charge is 2.44. The number of Topliss-reactive ketones (excluding diaryl/α,β-unsaturated/α-hetero) is 1. The fraction of sp³-hybridized carbons (Fsp3) is 0.387. The van der Waals surface area contributed by atoms with Crippen LogP contribution in [0.25, 0.3) is 5.76 Å². The zero-order valence-corrected chi connectivity index (χ0v) is 22.5. The third kappa shape index (κ3) is 5.70. The Bertz CT molecular complexity index is 1360. The Morgan fingerprint density at radius 3 is 2.85 bits per heavy atom. The minimum atomic E-state index is -0.781. The van der Waals surface area contributed by atoms with Crippen LogP contribution in [0, 0.1) is 0 Å². The molecule has 39 heavy (non-hydrogen) atoms. The number of aryl methyl sites for hydroxylation is 1. The minimum Gasteiger partial charge on any atom is -0.872 e. The standard InChI is InChI=1S/C31H35N3O5/c1-3-4-5-16-38-25-9-6-8-22(19-25)28-27(29(35)23-10-11-26-24(18-23)17-21(2)39-26)30(36)31(37)34(28)14-7-13-33-15-12-32-20-33/h6,8-12,15,18-21,28H,3-5,7,13-14,16-17H2,1-2H3,(H,35,36). The molecule has 2 atom stereocenters. The molecule has 204 valence electrons. The fourth-order valence-electron chi connectivity index (χ4n) is 5.37. The average molecular weight is 530 g/mol. The van der Waals surface area contributed by atoms with E-state index in [-0.39, 0.29) is 11.7 Å². The lowest BCUT2D eigenvalue weighted by Crippen LogP contribution is -2.36. The number of H-pyrrole nitrogens is 1. The van der Waals surface area contributed by atoms with Crippen molar-refractivity contribution in [1.82, 2.24) is 9.88 Å². The molecule has 0 radical (unpaired) electrons. The second-order valence-corrected chi connectivity index (χ2v) is 10.3. The zero-order valence-electron chi connectivity index (χ0n) is 22.5. The number of carbonyl (C=O) groups excluding carboxylic acids is 2. The van der Waals surface area contributed by atoms with Crippen LogP contribution in [-0.4, -0.2) is 40.8 Å². The number of rotatable bonds is 11. The van der Waals surface area contributed by atoms with Gasteiger partial charge < -0.3 is 19.5 Å². The Labute approximate surface area is 228 Å². The summed E-state index contributed by atoms with van der Waals surface area (Å²) >= 11 is 0. The lowest BCUT2D eigenvalue weighted by molar-refractivity contribution is -0.695. The zero-order chi connectivity index (χ0) is 27.4. The summed E-state index contributed by atoms with van der Waals surface area (Å²) in [6, 6.07) is 11.9.